The lowest BCUT2D eigenvalue weighted by Gasteiger charge is -2.27. The van der Waals surface area contributed by atoms with Gasteiger partial charge < -0.3 is 0 Å². The van der Waals surface area contributed by atoms with E-state index in [1.165, 1.54) is 50.2 Å². The highest BCUT2D eigenvalue weighted by atomic mass is 35.5. The van der Waals surface area contributed by atoms with Crippen molar-refractivity contribution in [2.75, 3.05) is 0 Å². The van der Waals surface area contributed by atoms with Crippen LogP contribution >= 0.6 is 11.6 Å². The van der Waals surface area contributed by atoms with Crippen LogP contribution in [-0.4, -0.2) is 0 Å². The Labute approximate surface area is 189 Å². The minimum Gasteiger partial charge on any atom is -0.206 e. The molecule has 1 aliphatic carbocycles. The summed E-state index contributed by atoms with van der Waals surface area (Å²) in [4.78, 5) is 0. The van der Waals surface area contributed by atoms with E-state index in [1.54, 1.807) is 12.1 Å². The summed E-state index contributed by atoms with van der Waals surface area (Å²) in [7, 11) is 0. The third-order valence-corrected chi connectivity index (χ3v) is 7.46. The largest absolute Gasteiger partial charge is 0.206 e. The Hall–Kier alpha value is -1.93. The van der Waals surface area contributed by atoms with Gasteiger partial charge >= 0.3 is 0 Å². The molecule has 1 aliphatic rings. The van der Waals surface area contributed by atoms with Gasteiger partial charge in [-0.05, 0) is 71.7 Å². The Morgan fingerprint density at radius 2 is 1.52 bits per heavy atom. The van der Waals surface area contributed by atoms with Crippen molar-refractivity contribution in [1.82, 2.24) is 0 Å². The molecule has 4 rings (SSSR count). The standard InChI is InChI=1S/C28H31ClF2/c1-2-19-3-5-20(6-4-19)7-8-21-10-15-25-24(17-21)14-13-23(28(25)31)12-9-22-11-16-26(29)27(30)18-22/h10-11,13-20H,2-9,12H2,1H3. The lowest BCUT2D eigenvalue weighted by Crippen LogP contribution is -2.14. The summed E-state index contributed by atoms with van der Waals surface area (Å²) in [6.45, 7) is 2.31. The average Bonchev–Trinajstić information content (AvgIpc) is 2.80. The molecule has 3 aromatic rings. The fourth-order valence-corrected chi connectivity index (χ4v) is 5.13. The van der Waals surface area contributed by atoms with Crippen molar-refractivity contribution in [1.29, 1.82) is 0 Å². The van der Waals surface area contributed by atoms with Crippen LogP contribution < -0.4 is 0 Å². The van der Waals surface area contributed by atoms with Crippen LogP contribution in [0.5, 0.6) is 0 Å². The highest BCUT2D eigenvalue weighted by Crippen LogP contribution is 2.33. The van der Waals surface area contributed by atoms with Crippen molar-refractivity contribution in [2.24, 2.45) is 11.8 Å². The van der Waals surface area contributed by atoms with Crippen LogP contribution in [0.3, 0.4) is 0 Å². The summed E-state index contributed by atoms with van der Waals surface area (Å²) >= 11 is 5.74. The predicted molar refractivity (Wildman–Crippen MR) is 127 cm³/mol. The molecule has 0 spiro atoms. The molecule has 0 amide bonds. The van der Waals surface area contributed by atoms with Crippen LogP contribution in [-0.2, 0) is 19.3 Å². The van der Waals surface area contributed by atoms with Gasteiger partial charge in [0.1, 0.15) is 11.6 Å². The molecule has 0 aliphatic heterocycles. The van der Waals surface area contributed by atoms with Gasteiger partial charge in [0.05, 0.1) is 5.02 Å². The van der Waals surface area contributed by atoms with Crippen molar-refractivity contribution in [2.45, 2.75) is 64.7 Å². The molecule has 0 radical (unpaired) electrons. The first-order valence-corrected chi connectivity index (χ1v) is 12.0. The predicted octanol–water partition coefficient (Wildman–Crippen LogP) is 8.71. The molecule has 0 unspecified atom stereocenters. The lowest BCUT2D eigenvalue weighted by atomic mass is 9.78. The first-order chi connectivity index (χ1) is 15.0. The third-order valence-electron chi connectivity index (χ3n) is 7.15. The van der Waals surface area contributed by atoms with E-state index in [0.29, 0.717) is 23.8 Å². The van der Waals surface area contributed by atoms with Crippen molar-refractivity contribution in [3.05, 3.63) is 81.9 Å². The van der Waals surface area contributed by atoms with Crippen molar-refractivity contribution < 1.29 is 8.78 Å². The van der Waals surface area contributed by atoms with E-state index in [-0.39, 0.29) is 10.8 Å². The van der Waals surface area contributed by atoms with E-state index in [1.807, 2.05) is 18.2 Å². The van der Waals surface area contributed by atoms with Gasteiger partial charge in [0.25, 0.3) is 0 Å². The lowest BCUT2D eigenvalue weighted by molar-refractivity contribution is 0.259. The minimum atomic E-state index is -0.427. The Morgan fingerprint density at radius 3 is 2.26 bits per heavy atom. The van der Waals surface area contributed by atoms with E-state index in [9.17, 15) is 4.39 Å². The molecular weight excluding hydrogens is 410 g/mol. The van der Waals surface area contributed by atoms with E-state index < -0.39 is 5.82 Å². The summed E-state index contributed by atoms with van der Waals surface area (Å²) in [5.74, 6) is 1.20. The zero-order chi connectivity index (χ0) is 21.8. The summed E-state index contributed by atoms with van der Waals surface area (Å²) in [5, 5.41) is 1.75. The van der Waals surface area contributed by atoms with Crippen molar-refractivity contribution in [3.63, 3.8) is 0 Å². The van der Waals surface area contributed by atoms with Gasteiger partial charge in [0.2, 0.25) is 0 Å². The highest BCUT2D eigenvalue weighted by molar-refractivity contribution is 6.30. The number of rotatable bonds is 7. The summed E-state index contributed by atoms with van der Waals surface area (Å²) in [6.07, 6.45) is 10.2. The molecule has 3 aromatic carbocycles. The van der Waals surface area contributed by atoms with Crippen LogP contribution in [0.15, 0.2) is 48.5 Å². The normalized spacial score (nSPS) is 19.1. The van der Waals surface area contributed by atoms with E-state index >= 15 is 4.39 Å². The molecule has 31 heavy (non-hydrogen) atoms. The van der Waals surface area contributed by atoms with Gasteiger partial charge in [-0.25, -0.2) is 8.78 Å². The molecule has 0 nitrogen and oxygen atoms in total. The molecular formula is C28H31ClF2. The molecule has 164 valence electrons. The van der Waals surface area contributed by atoms with Crippen LogP contribution in [0.2, 0.25) is 5.02 Å². The SMILES string of the molecule is CCC1CCC(CCc2ccc3c(F)c(CCc4ccc(Cl)c(F)c4)ccc3c2)CC1. The van der Waals surface area contributed by atoms with Gasteiger partial charge in [-0.1, -0.05) is 87.0 Å². The number of hydrogen-bond acceptors (Lipinski definition) is 0. The number of benzene rings is 3. The Bertz CT molecular complexity index is 1030. The van der Waals surface area contributed by atoms with Gasteiger partial charge in [-0.3, -0.25) is 0 Å². The molecule has 0 saturated heterocycles. The van der Waals surface area contributed by atoms with Gasteiger partial charge in [-0.2, -0.15) is 0 Å². The average molecular weight is 441 g/mol. The summed E-state index contributed by atoms with van der Waals surface area (Å²) in [5.41, 5.74) is 2.79. The topological polar surface area (TPSA) is 0 Å². The van der Waals surface area contributed by atoms with Gasteiger partial charge in [0.15, 0.2) is 0 Å². The summed E-state index contributed by atoms with van der Waals surface area (Å²) < 4.78 is 28.7. The fraction of sp³-hybridized carbons (Fsp3) is 0.429. The second kappa shape index (κ2) is 10.1. The number of hydrogen-bond donors (Lipinski definition) is 0. The minimum absolute atomic E-state index is 0.116. The van der Waals surface area contributed by atoms with Gasteiger partial charge in [0, 0.05) is 5.39 Å². The number of aryl methyl sites for hydroxylation is 3. The van der Waals surface area contributed by atoms with E-state index in [4.69, 9.17) is 11.6 Å². The maximum Gasteiger partial charge on any atom is 0.142 e. The number of halogens is 3. The third kappa shape index (κ3) is 5.47. The molecule has 0 bridgehead atoms. The van der Waals surface area contributed by atoms with Crippen molar-refractivity contribution in [3.8, 4) is 0 Å². The molecule has 1 saturated carbocycles. The Balaban J connectivity index is 1.39. The van der Waals surface area contributed by atoms with Crippen LogP contribution in [0.4, 0.5) is 8.78 Å². The zero-order valence-electron chi connectivity index (χ0n) is 18.3. The quantitative estimate of drug-likeness (QED) is 0.344. The number of fused-ring (bicyclic) bond motifs is 1. The maximum atomic E-state index is 15.1. The van der Waals surface area contributed by atoms with Gasteiger partial charge in [-0.15, -0.1) is 0 Å². The monoisotopic (exact) mass is 440 g/mol. The smallest absolute Gasteiger partial charge is 0.142 e. The molecule has 1 fully saturated rings. The first kappa shape index (κ1) is 22.3. The molecule has 0 atom stereocenters. The summed E-state index contributed by atoms with van der Waals surface area (Å²) in [6, 6.07) is 14.8. The Kier molecular flexibility index (Phi) is 7.27. The molecule has 0 heterocycles. The highest BCUT2D eigenvalue weighted by Gasteiger charge is 2.19. The second-order valence-corrected chi connectivity index (χ2v) is 9.58. The first-order valence-electron chi connectivity index (χ1n) is 11.7. The molecule has 0 aromatic heterocycles. The zero-order valence-corrected chi connectivity index (χ0v) is 19.0. The molecule has 0 N–H and O–H groups in total. The van der Waals surface area contributed by atoms with Crippen LogP contribution in [0.25, 0.3) is 10.8 Å². The van der Waals surface area contributed by atoms with E-state index in [0.717, 1.165) is 29.2 Å². The van der Waals surface area contributed by atoms with Crippen molar-refractivity contribution >= 4 is 22.4 Å². The second-order valence-electron chi connectivity index (χ2n) is 9.18. The maximum absolute atomic E-state index is 15.1. The fourth-order valence-electron chi connectivity index (χ4n) is 5.01. The van der Waals surface area contributed by atoms with E-state index in [2.05, 4.69) is 19.1 Å². The van der Waals surface area contributed by atoms with Crippen LogP contribution in [0, 0.1) is 23.5 Å². The van der Waals surface area contributed by atoms with Crippen LogP contribution in [0.1, 0.15) is 62.1 Å². The molecule has 3 heteroatoms. The Morgan fingerprint density at radius 1 is 0.806 bits per heavy atom.